The van der Waals surface area contributed by atoms with Crippen molar-refractivity contribution in [3.63, 3.8) is 0 Å². The molecule has 5 nitrogen and oxygen atoms in total. The summed E-state index contributed by atoms with van der Waals surface area (Å²) in [7, 11) is 1.86. The molecule has 1 aromatic heterocycles. The second-order valence-electron chi connectivity index (χ2n) is 4.66. The van der Waals surface area contributed by atoms with E-state index in [1.807, 2.05) is 27.1 Å². The average molecular weight is 295 g/mol. The van der Waals surface area contributed by atoms with Crippen molar-refractivity contribution in [2.75, 3.05) is 5.73 Å². The van der Waals surface area contributed by atoms with Gasteiger partial charge in [0.25, 0.3) is 5.91 Å². The summed E-state index contributed by atoms with van der Waals surface area (Å²) >= 11 is 0. The van der Waals surface area contributed by atoms with Crippen LogP contribution in [0.25, 0.3) is 0 Å². The number of nitrogens with two attached hydrogens (primary N) is 1. The summed E-state index contributed by atoms with van der Waals surface area (Å²) in [5.74, 6) is -0.136. The lowest BCUT2D eigenvalue weighted by molar-refractivity contribution is 0.0940. The first-order valence-corrected chi connectivity index (χ1v) is 6.14. The molecule has 1 amide bonds. The van der Waals surface area contributed by atoms with Crippen LogP contribution < -0.4 is 11.1 Å². The molecule has 0 saturated heterocycles. The van der Waals surface area contributed by atoms with Crippen molar-refractivity contribution in [1.82, 2.24) is 15.1 Å². The highest BCUT2D eigenvalue weighted by molar-refractivity contribution is 5.95. The minimum absolute atomic E-state index is 0. The van der Waals surface area contributed by atoms with E-state index in [4.69, 9.17) is 5.73 Å². The Balaban J connectivity index is 0.00000200. The number of hydrogen-bond donors (Lipinski definition) is 2. The fourth-order valence-electron chi connectivity index (χ4n) is 2.08. The molecule has 0 spiro atoms. The van der Waals surface area contributed by atoms with Gasteiger partial charge in [-0.05, 0) is 32.0 Å². The van der Waals surface area contributed by atoms with Gasteiger partial charge in [0.05, 0.1) is 11.7 Å². The van der Waals surface area contributed by atoms with Crippen LogP contribution in [0.5, 0.6) is 0 Å². The van der Waals surface area contributed by atoms with Crippen LogP contribution in [-0.4, -0.2) is 15.7 Å². The van der Waals surface area contributed by atoms with E-state index in [0.29, 0.717) is 11.3 Å². The zero-order valence-electron chi connectivity index (χ0n) is 11.8. The summed E-state index contributed by atoms with van der Waals surface area (Å²) in [4.78, 5) is 12.1. The van der Waals surface area contributed by atoms with E-state index in [0.717, 1.165) is 11.3 Å². The van der Waals surface area contributed by atoms with Crippen LogP contribution in [0, 0.1) is 6.92 Å². The van der Waals surface area contributed by atoms with Gasteiger partial charge in [-0.3, -0.25) is 9.48 Å². The third-order valence-corrected chi connectivity index (χ3v) is 3.01. The molecule has 0 bridgehead atoms. The molecule has 3 N–H and O–H groups in total. The normalized spacial score (nSPS) is 11.6. The van der Waals surface area contributed by atoms with E-state index in [1.165, 1.54) is 0 Å². The topological polar surface area (TPSA) is 72.9 Å². The van der Waals surface area contributed by atoms with Crippen molar-refractivity contribution in [1.29, 1.82) is 0 Å². The van der Waals surface area contributed by atoms with E-state index in [1.54, 1.807) is 28.9 Å². The summed E-state index contributed by atoms with van der Waals surface area (Å²) in [5, 5.41) is 7.22. The number of benzene rings is 1. The number of halogens is 1. The number of anilines is 1. The summed E-state index contributed by atoms with van der Waals surface area (Å²) < 4.78 is 1.74. The predicted molar refractivity (Wildman–Crippen MR) is 81.9 cm³/mol. The second-order valence-corrected chi connectivity index (χ2v) is 4.66. The first-order chi connectivity index (χ1) is 8.97. The van der Waals surface area contributed by atoms with Gasteiger partial charge in [0.1, 0.15) is 0 Å². The molecule has 6 heteroatoms. The molecule has 1 atom stereocenters. The first kappa shape index (κ1) is 16.0. The van der Waals surface area contributed by atoms with Gasteiger partial charge in [0.2, 0.25) is 0 Å². The molecule has 0 fully saturated rings. The maximum absolute atomic E-state index is 12.1. The van der Waals surface area contributed by atoms with Crippen molar-refractivity contribution >= 4 is 24.0 Å². The Morgan fingerprint density at radius 3 is 2.70 bits per heavy atom. The molecular formula is C14H19ClN4O. The number of amides is 1. The number of carbonyl (C=O) groups is 1. The van der Waals surface area contributed by atoms with Crippen molar-refractivity contribution in [2.24, 2.45) is 7.05 Å². The number of aryl methyl sites for hydroxylation is 2. The highest BCUT2D eigenvalue weighted by Crippen LogP contribution is 2.16. The fraction of sp³-hybridized carbons (Fsp3) is 0.286. The minimum atomic E-state index is -0.136. The summed E-state index contributed by atoms with van der Waals surface area (Å²) in [5.41, 5.74) is 8.75. The van der Waals surface area contributed by atoms with E-state index in [2.05, 4.69) is 10.4 Å². The maximum Gasteiger partial charge on any atom is 0.251 e. The van der Waals surface area contributed by atoms with Crippen LogP contribution in [-0.2, 0) is 7.05 Å². The highest BCUT2D eigenvalue weighted by Gasteiger charge is 2.15. The Hall–Kier alpha value is -2.01. The average Bonchev–Trinajstić information content (AvgIpc) is 2.68. The van der Waals surface area contributed by atoms with Crippen molar-refractivity contribution in [3.8, 4) is 0 Å². The van der Waals surface area contributed by atoms with Gasteiger partial charge in [0, 0.05) is 30.1 Å². The molecule has 108 valence electrons. The smallest absolute Gasteiger partial charge is 0.251 e. The molecule has 0 aliphatic rings. The van der Waals surface area contributed by atoms with Crippen molar-refractivity contribution < 1.29 is 4.79 Å². The van der Waals surface area contributed by atoms with Gasteiger partial charge in [-0.1, -0.05) is 6.07 Å². The van der Waals surface area contributed by atoms with Gasteiger partial charge in [0.15, 0.2) is 0 Å². The molecule has 1 aromatic carbocycles. The summed E-state index contributed by atoms with van der Waals surface area (Å²) in [6.07, 6.45) is 1.92. The Morgan fingerprint density at radius 2 is 2.15 bits per heavy atom. The van der Waals surface area contributed by atoms with Gasteiger partial charge in [-0.25, -0.2) is 0 Å². The van der Waals surface area contributed by atoms with Gasteiger partial charge in [-0.15, -0.1) is 12.4 Å². The zero-order chi connectivity index (χ0) is 14.0. The van der Waals surface area contributed by atoms with Gasteiger partial charge >= 0.3 is 0 Å². The lowest BCUT2D eigenvalue weighted by Crippen LogP contribution is -2.26. The number of aromatic nitrogens is 2. The van der Waals surface area contributed by atoms with Crippen molar-refractivity contribution in [2.45, 2.75) is 19.9 Å². The predicted octanol–water partition coefficient (Wildman–Crippen LogP) is 2.22. The molecule has 2 aromatic rings. The minimum Gasteiger partial charge on any atom is -0.399 e. The molecule has 1 unspecified atom stereocenters. The number of rotatable bonds is 3. The van der Waals surface area contributed by atoms with E-state index in [9.17, 15) is 4.79 Å². The zero-order valence-corrected chi connectivity index (χ0v) is 12.6. The van der Waals surface area contributed by atoms with E-state index in [-0.39, 0.29) is 24.4 Å². The number of hydrogen-bond acceptors (Lipinski definition) is 3. The maximum atomic E-state index is 12.1. The Kier molecular flexibility index (Phi) is 5.16. The quantitative estimate of drug-likeness (QED) is 0.853. The molecule has 0 aliphatic heterocycles. The first-order valence-electron chi connectivity index (χ1n) is 6.14. The lowest BCUT2D eigenvalue weighted by atomic mass is 10.1. The van der Waals surface area contributed by atoms with Crippen LogP contribution >= 0.6 is 12.4 Å². The molecule has 1 heterocycles. The largest absolute Gasteiger partial charge is 0.399 e. The molecule has 0 aliphatic carbocycles. The Bertz CT molecular complexity index is 609. The number of nitrogens with zero attached hydrogens (tertiary/aromatic N) is 2. The molecule has 0 radical (unpaired) electrons. The van der Waals surface area contributed by atoms with Crippen LogP contribution in [0.2, 0.25) is 0 Å². The fourth-order valence-corrected chi connectivity index (χ4v) is 2.08. The summed E-state index contributed by atoms with van der Waals surface area (Å²) in [6, 6.07) is 6.84. The lowest BCUT2D eigenvalue weighted by Gasteiger charge is -2.13. The number of nitrogens with one attached hydrogen (secondary N) is 1. The second kappa shape index (κ2) is 6.43. The SMILES string of the molecule is Cc1nn(C)cc1C(C)NC(=O)c1cccc(N)c1.Cl. The monoisotopic (exact) mass is 294 g/mol. The van der Waals surface area contributed by atoms with Crippen molar-refractivity contribution in [3.05, 3.63) is 47.3 Å². The standard InChI is InChI=1S/C14H18N4O.ClH/c1-9(13-8-18(3)17-10(13)2)16-14(19)11-5-4-6-12(15)7-11;/h4-9H,15H2,1-3H3,(H,16,19);1H. The third kappa shape index (κ3) is 3.51. The van der Waals surface area contributed by atoms with E-state index < -0.39 is 0 Å². The van der Waals surface area contributed by atoms with Crippen LogP contribution in [0.1, 0.15) is 34.6 Å². The Labute approximate surface area is 124 Å². The van der Waals surface area contributed by atoms with Gasteiger partial charge < -0.3 is 11.1 Å². The van der Waals surface area contributed by atoms with Crippen LogP contribution in [0.4, 0.5) is 5.69 Å². The highest BCUT2D eigenvalue weighted by atomic mass is 35.5. The Morgan fingerprint density at radius 1 is 1.45 bits per heavy atom. The number of carbonyl (C=O) groups excluding carboxylic acids is 1. The summed E-state index contributed by atoms with van der Waals surface area (Å²) in [6.45, 7) is 3.87. The molecule has 0 saturated carbocycles. The number of nitrogen functional groups attached to an aromatic ring is 1. The third-order valence-electron chi connectivity index (χ3n) is 3.01. The van der Waals surface area contributed by atoms with E-state index >= 15 is 0 Å². The van der Waals surface area contributed by atoms with Crippen LogP contribution in [0.15, 0.2) is 30.5 Å². The van der Waals surface area contributed by atoms with Crippen LogP contribution in [0.3, 0.4) is 0 Å². The molecular weight excluding hydrogens is 276 g/mol. The van der Waals surface area contributed by atoms with Gasteiger partial charge in [-0.2, -0.15) is 5.10 Å². The molecule has 20 heavy (non-hydrogen) atoms. The molecule has 2 rings (SSSR count).